The Labute approximate surface area is 220 Å². The van der Waals surface area contributed by atoms with Crippen LogP contribution >= 0.6 is 0 Å². The number of aryl methyl sites for hydroxylation is 1. The van der Waals surface area contributed by atoms with E-state index in [1.165, 1.54) is 18.4 Å². The molecule has 2 saturated heterocycles. The normalized spacial score (nSPS) is 23.7. The van der Waals surface area contributed by atoms with Crippen LogP contribution in [-0.4, -0.2) is 65.4 Å². The van der Waals surface area contributed by atoms with Crippen LogP contribution in [-0.2, 0) is 17.4 Å². The Morgan fingerprint density at radius 2 is 2.00 bits per heavy atom. The van der Waals surface area contributed by atoms with Gasteiger partial charge in [0.05, 0.1) is 12.3 Å². The van der Waals surface area contributed by atoms with Crippen LogP contribution in [0.4, 0.5) is 10.7 Å². The van der Waals surface area contributed by atoms with Gasteiger partial charge in [0.25, 0.3) is 0 Å². The summed E-state index contributed by atoms with van der Waals surface area (Å²) in [5.74, 6) is 2.45. The number of likely N-dealkylation sites (tertiary alicyclic amines) is 1. The number of benzene rings is 1. The third kappa shape index (κ3) is 4.47. The molecule has 37 heavy (non-hydrogen) atoms. The van der Waals surface area contributed by atoms with Crippen molar-refractivity contribution in [3.63, 3.8) is 0 Å². The molecular weight excluding hydrogens is 466 g/mol. The van der Waals surface area contributed by atoms with E-state index in [2.05, 4.69) is 67.8 Å². The van der Waals surface area contributed by atoms with Gasteiger partial charge in [0, 0.05) is 57.2 Å². The highest BCUT2D eigenvalue weighted by Gasteiger charge is 2.48. The standard InChI is InChI=1S/C29H41N5O3/c1-19-6-9-22-23(16-19)37-29(11-14-34(15-12-29)27(35)36-18-20-7-8-20)25-24(22)31-26(33(25)5)32(4)21-10-13-30-28(2,3)17-21/h6,9,16,20-21,30H,7-8,10-15,17-18H2,1-5H3. The highest BCUT2D eigenvalue weighted by Crippen LogP contribution is 2.50. The van der Waals surface area contributed by atoms with Crippen molar-refractivity contribution in [2.45, 2.75) is 76.5 Å². The Kier molecular flexibility index (Phi) is 5.93. The van der Waals surface area contributed by atoms with Gasteiger partial charge in [-0.25, -0.2) is 9.78 Å². The first-order valence-corrected chi connectivity index (χ1v) is 13.9. The minimum absolute atomic E-state index is 0.108. The first-order chi connectivity index (χ1) is 17.7. The highest BCUT2D eigenvalue weighted by molar-refractivity contribution is 5.75. The van der Waals surface area contributed by atoms with E-state index in [1.807, 2.05) is 4.90 Å². The summed E-state index contributed by atoms with van der Waals surface area (Å²) in [6.07, 6.45) is 5.76. The van der Waals surface area contributed by atoms with E-state index in [0.717, 1.165) is 60.9 Å². The van der Waals surface area contributed by atoms with Crippen LogP contribution in [0.3, 0.4) is 0 Å². The SMILES string of the molecule is Cc1ccc2c(c1)OC1(CCN(C(=O)OCC3CC3)CC1)c1c-2nc(N(C)C2CCNC(C)(C)C2)n1C. The minimum atomic E-state index is -0.516. The molecule has 4 heterocycles. The van der Waals surface area contributed by atoms with Crippen molar-refractivity contribution in [1.29, 1.82) is 0 Å². The van der Waals surface area contributed by atoms with Gasteiger partial charge in [0.2, 0.25) is 5.95 Å². The Bertz CT molecular complexity index is 1190. The fourth-order valence-electron chi connectivity index (χ4n) is 6.47. The van der Waals surface area contributed by atoms with Crippen molar-refractivity contribution in [2.75, 3.05) is 38.2 Å². The van der Waals surface area contributed by atoms with E-state index < -0.39 is 5.60 Å². The van der Waals surface area contributed by atoms with Gasteiger partial charge in [-0.15, -0.1) is 0 Å². The highest BCUT2D eigenvalue weighted by atomic mass is 16.6. The second-order valence-corrected chi connectivity index (χ2v) is 12.3. The lowest BCUT2D eigenvalue weighted by Crippen LogP contribution is -2.53. The molecule has 1 unspecified atom stereocenters. The van der Waals surface area contributed by atoms with Gasteiger partial charge in [-0.05, 0) is 76.6 Å². The number of carbonyl (C=O) groups is 1. The van der Waals surface area contributed by atoms with Crippen LogP contribution in [0.15, 0.2) is 18.2 Å². The zero-order valence-electron chi connectivity index (χ0n) is 23.0. The quantitative estimate of drug-likeness (QED) is 0.653. The molecule has 4 aliphatic rings. The molecule has 1 aliphatic carbocycles. The first-order valence-electron chi connectivity index (χ1n) is 13.9. The van der Waals surface area contributed by atoms with Gasteiger partial charge in [-0.3, -0.25) is 0 Å². The Morgan fingerprint density at radius 1 is 1.24 bits per heavy atom. The number of fused-ring (bicyclic) bond motifs is 4. The Hall–Kier alpha value is -2.74. The zero-order chi connectivity index (χ0) is 25.9. The fraction of sp³-hybridized carbons (Fsp3) is 0.655. The Balaban J connectivity index is 1.32. The monoisotopic (exact) mass is 507 g/mol. The molecule has 200 valence electrons. The molecule has 1 aromatic heterocycles. The van der Waals surface area contributed by atoms with Crippen LogP contribution in [0, 0.1) is 12.8 Å². The van der Waals surface area contributed by atoms with Gasteiger partial charge in [0.15, 0.2) is 5.60 Å². The maximum Gasteiger partial charge on any atom is 0.409 e. The lowest BCUT2D eigenvalue weighted by atomic mass is 9.83. The number of nitrogens with one attached hydrogen (secondary N) is 1. The molecule has 6 rings (SSSR count). The number of nitrogens with zero attached hydrogens (tertiary/aromatic N) is 4. The molecule has 0 bridgehead atoms. The van der Waals surface area contributed by atoms with Crippen molar-refractivity contribution in [3.8, 4) is 17.0 Å². The van der Waals surface area contributed by atoms with Gasteiger partial charge >= 0.3 is 6.09 Å². The average Bonchev–Trinajstić information content (AvgIpc) is 3.62. The third-order valence-electron chi connectivity index (χ3n) is 8.86. The number of hydrogen-bond acceptors (Lipinski definition) is 6. The summed E-state index contributed by atoms with van der Waals surface area (Å²) < 4.78 is 14.7. The van der Waals surface area contributed by atoms with Gasteiger partial charge in [-0.1, -0.05) is 6.07 Å². The molecular formula is C29H41N5O3. The lowest BCUT2D eigenvalue weighted by Gasteiger charge is -2.44. The lowest BCUT2D eigenvalue weighted by molar-refractivity contribution is -0.0109. The van der Waals surface area contributed by atoms with E-state index in [1.54, 1.807) is 0 Å². The predicted molar refractivity (Wildman–Crippen MR) is 144 cm³/mol. The summed E-state index contributed by atoms with van der Waals surface area (Å²) in [7, 11) is 4.31. The summed E-state index contributed by atoms with van der Waals surface area (Å²) in [5.41, 5.74) is 3.96. The zero-order valence-corrected chi connectivity index (χ0v) is 23.0. The number of imidazole rings is 1. The molecule has 3 fully saturated rings. The number of anilines is 1. The molecule has 3 aliphatic heterocycles. The van der Waals surface area contributed by atoms with Crippen LogP contribution in [0.25, 0.3) is 11.3 Å². The summed E-state index contributed by atoms with van der Waals surface area (Å²) in [5, 5.41) is 3.64. The number of piperidine rings is 2. The largest absolute Gasteiger partial charge is 0.480 e. The number of amides is 1. The Morgan fingerprint density at radius 3 is 2.70 bits per heavy atom. The van der Waals surface area contributed by atoms with Crippen molar-refractivity contribution >= 4 is 12.0 Å². The molecule has 1 atom stereocenters. The van der Waals surface area contributed by atoms with Crippen LogP contribution in [0.5, 0.6) is 5.75 Å². The molecule has 1 N–H and O–H groups in total. The second-order valence-electron chi connectivity index (χ2n) is 12.3. The summed E-state index contributed by atoms with van der Waals surface area (Å²) in [6, 6.07) is 6.82. The number of rotatable bonds is 4. The maximum atomic E-state index is 12.7. The number of aromatic nitrogens is 2. The van der Waals surface area contributed by atoms with Gasteiger partial charge in [0.1, 0.15) is 11.4 Å². The van der Waals surface area contributed by atoms with Gasteiger partial charge in [-0.2, -0.15) is 0 Å². The molecule has 1 saturated carbocycles. The maximum absolute atomic E-state index is 12.7. The van der Waals surface area contributed by atoms with Crippen LogP contribution < -0.4 is 15.0 Å². The molecule has 8 nitrogen and oxygen atoms in total. The van der Waals surface area contributed by atoms with Crippen molar-refractivity contribution < 1.29 is 14.3 Å². The number of ether oxygens (including phenoxy) is 2. The first kappa shape index (κ1) is 24.6. The molecule has 8 heteroatoms. The van der Waals surface area contributed by atoms with Gasteiger partial charge < -0.3 is 29.2 Å². The number of hydrogen-bond donors (Lipinski definition) is 1. The molecule has 2 aromatic rings. The van der Waals surface area contributed by atoms with E-state index in [9.17, 15) is 4.79 Å². The molecule has 1 amide bonds. The van der Waals surface area contributed by atoms with Crippen molar-refractivity contribution in [1.82, 2.24) is 19.8 Å². The number of carbonyl (C=O) groups excluding carboxylic acids is 1. The van der Waals surface area contributed by atoms with Crippen molar-refractivity contribution in [2.24, 2.45) is 13.0 Å². The summed E-state index contributed by atoms with van der Waals surface area (Å²) >= 11 is 0. The molecule has 0 radical (unpaired) electrons. The smallest absolute Gasteiger partial charge is 0.409 e. The summed E-state index contributed by atoms with van der Waals surface area (Å²) in [6.45, 7) is 9.45. The predicted octanol–water partition coefficient (Wildman–Crippen LogP) is 4.59. The van der Waals surface area contributed by atoms with E-state index >= 15 is 0 Å². The topological polar surface area (TPSA) is 71.9 Å². The third-order valence-corrected chi connectivity index (χ3v) is 8.86. The van der Waals surface area contributed by atoms with Crippen LogP contribution in [0.2, 0.25) is 0 Å². The minimum Gasteiger partial charge on any atom is -0.480 e. The van der Waals surface area contributed by atoms with Crippen LogP contribution in [0.1, 0.15) is 63.6 Å². The van der Waals surface area contributed by atoms with Crippen molar-refractivity contribution in [3.05, 3.63) is 29.5 Å². The van der Waals surface area contributed by atoms with E-state index in [-0.39, 0.29) is 11.6 Å². The molecule has 1 aromatic carbocycles. The molecule has 1 spiro atoms. The second kappa shape index (κ2) is 8.93. The average molecular weight is 508 g/mol. The fourth-order valence-corrected chi connectivity index (χ4v) is 6.47. The van der Waals surface area contributed by atoms with E-state index in [4.69, 9.17) is 14.5 Å². The van der Waals surface area contributed by atoms with E-state index in [0.29, 0.717) is 31.7 Å². The summed E-state index contributed by atoms with van der Waals surface area (Å²) in [4.78, 5) is 22.2.